The van der Waals surface area contributed by atoms with Crippen molar-refractivity contribution < 1.29 is 32.5 Å². The number of rotatable bonds is 9. The number of benzene rings is 1. The van der Waals surface area contributed by atoms with Crippen molar-refractivity contribution >= 4 is 34.4 Å². The van der Waals surface area contributed by atoms with Gasteiger partial charge in [0.05, 0.1) is 23.0 Å². The summed E-state index contributed by atoms with van der Waals surface area (Å²) in [4.78, 5) is 33.7. The molecule has 2 aromatic heterocycles. The minimum Gasteiger partial charge on any atom is -0.467 e. The number of pyridine rings is 1. The van der Waals surface area contributed by atoms with Gasteiger partial charge in [-0.2, -0.15) is 9.97 Å². The van der Waals surface area contributed by atoms with Gasteiger partial charge in [-0.1, -0.05) is 18.5 Å². The number of halogens is 3. The first kappa shape index (κ1) is 35.5. The highest BCUT2D eigenvalue weighted by Crippen LogP contribution is 2.53. The topological polar surface area (TPSA) is 102 Å². The van der Waals surface area contributed by atoms with E-state index in [1.54, 1.807) is 18.3 Å². The number of amides is 1. The molecule has 5 fully saturated rings. The van der Waals surface area contributed by atoms with E-state index in [2.05, 4.69) is 21.7 Å². The van der Waals surface area contributed by atoms with Gasteiger partial charge in [0.25, 0.3) is 0 Å². The van der Waals surface area contributed by atoms with Gasteiger partial charge < -0.3 is 23.8 Å². The fourth-order valence-electron chi connectivity index (χ4n) is 8.95. The van der Waals surface area contributed by atoms with E-state index in [1.807, 2.05) is 25.7 Å². The Bertz CT molecular complexity index is 1870. The third kappa shape index (κ3) is 6.51. The molecule has 0 N–H and O–H groups in total. The van der Waals surface area contributed by atoms with Crippen LogP contribution in [-0.2, 0) is 9.47 Å². The monoisotopic (exact) mass is 740 g/mol. The van der Waals surface area contributed by atoms with Crippen LogP contribution in [0.25, 0.3) is 22.2 Å². The van der Waals surface area contributed by atoms with Crippen LogP contribution in [0.3, 0.4) is 0 Å². The van der Waals surface area contributed by atoms with Crippen LogP contribution < -0.4 is 14.4 Å². The Kier molecular flexibility index (Phi) is 9.13. The first-order chi connectivity index (χ1) is 24.8. The maximum Gasteiger partial charge on any atom is 0.410 e. The highest BCUT2D eigenvalue weighted by Gasteiger charge is 2.50. The van der Waals surface area contributed by atoms with E-state index < -0.39 is 23.1 Å². The number of ether oxygens (including phenoxy) is 4. The third-order valence-electron chi connectivity index (χ3n) is 11.4. The number of piperazine rings is 1. The molecule has 4 saturated heterocycles. The van der Waals surface area contributed by atoms with Crippen molar-refractivity contribution in [2.24, 2.45) is 5.92 Å². The average Bonchev–Trinajstić information content (AvgIpc) is 3.39. The number of carbonyl (C=O) groups excluding carboxylic acids is 1. The molecule has 1 amide bonds. The summed E-state index contributed by atoms with van der Waals surface area (Å²) in [5.74, 6) is 0.853. The maximum absolute atomic E-state index is 17.2. The van der Waals surface area contributed by atoms with Crippen LogP contribution in [0, 0.1) is 11.7 Å². The summed E-state index contributed by atoms with van der Waals surface area (Å²) >= 11 is 6.86. The fraction of sp³-hybridized carbons (Fsp3) is 0.632. The van der Waals surface area contributed by atoms with Crippen LogP contribution in [0.5, 0.6) is 11.8 Å². The summed E-state index contributed by atoms with van der Waals surface area (Å²) < 4.78 is 54.8. The molecule has 2 bridgehead atoms. The quantitative estimate of drug-likeness (QED) is 0.211. The highest BCUT2D eigenvalue weighted by molar-refractivity contribution is 6.32. The Labute approximate surface area is 307 Å². The van der Waals surface area contributed by atoms with E-state index in [9.17, 15) is 9.18 Å². The van der Waals surface area contributed by atoms with Gasteiger partial charge in [0.1, 0.15) is 41.2 Å². The number of hydrogen-bond donors (Lipinski definition) is 0. The van der Waals surface area contributed by atoms with Crippen molar-refractivity contribution in [2.75, 3.05) is 51.6 Å². The van der Waals surface area contributed by atoms with Gasteiger partial charge >= 0.3 is 12.1 Å². The zero-order valence-corrected chi connectivity index (χ0v) is 31.2. The molecule has 52 heavy (non-hydrogen) atoms. The number of anilines is 1. The van der Waals surface area contributed by atoms with E-state index in [0.717, 1.165) is 44.2 Å². The fourth-order valence-corrected chi connectivity index (χ4v) is 9.30. The second kappa shape index (κ2) is 13.4. The summed E-state index contributed by atoms with van der Waals surface area (Å²) in [5, 5.41) is 0.913. The second-order valence-electron chi connectivity index (χ2n) is 16.3. The molecule has 1 aromatic carbocycles. The zero-order chi connectivity index (χ0) is 36.5. The van der Waals surface area contributed by atoms with Gasteiger partial charge in [-0.05, 0) is 89.0 Å². The lowest BCUT2D eigenvalue weighted by Crippen LogP contribution is -2.57. The minimum absolute atomic E-state index is 0.00507. The lowest BCUT2D eigenvalue weighted by molar-refractivity contribution is 0.0122. The van der Waals surface area contributed by atoms with Crippen LogP contribution in [0.2, 0.25) is 5.02 Å². The molecule has 8 rings (SSSR count). The van der Waals surface area contributed by atoms with Crippen molar-refractivity contribution in [2.45, 2.75) is 102 Å². The average molecular weight is 741 g/mol. The molecule has 1 saturated carbocycles. The number of hydrogen-bond acceptors (Lipinski definition) is 10. The number of alkyl halides is 1. The number of nitrogens with zero attached hydrogens (tertiary/aromatic N) is 6. The van der Waals surface area contributed by atoms with Gasteiger partial charge in [0, 0.05) is 49.9 Å². The predicted molar refractivity (Wildman–Crippen MR) is 192 cm³/mol. The largest absolute Gasteiger partial charge is 0.467 e. The van der Waals surface area contributed by atoms with Crippen molar-refractivity contribution in [3.63, 3.8) is 0 Å². The number of carbonyl (C=O) groups is 1. The van der Waals surface area contributed by atoms with Crippen molar-refractivity contribution in [3.05, 3.63) is 34.7 Å². The number of aromatic nitrogens is 3. The number of methoxy groups -OCH3 is 1. The molecule has 0 radical (unpaired) electrons. The molecule has 1 aliphatic carbocycles. The number of fused-ring (bicyclic) bond motifs is 4. The molecule has 6 heterocycles. The van der Waals surface area contributed by atoms with E-state index in [1.165, 1.54) is 7.11 Å². The van der Waals surface area contributed by atoms with Gasteiger partial charge in [-0.3, -0.25) is 14.8 Å². The SMILES string of the molecule is COCOc1cc(Cl)c([C@H]2C[C@H]2C)c(-c2ncc3c(N4C[C@H]5CC[C@@H](C4)N5C(=O)OC(C)(C)C)nc(OC[C@@]45CCCN4C[C@H](F)C5)nc3c2F)c1. The standard InChI is InChI=1S/C38H47ClF2N6O5/c1-21-11-26(21)30-27(12-25(13-29(30)39)51-20-49-5)32-31(41)33-28(15-42-32)34(44-35(43-33)50-19-38-9-6-10-46(38)16-22(40)14-38)45-17-23-7-8-24(18-45)47(23)36(48)52-37(2,3)4/h12-13,15,21-24,26H,6-11,14,16-20H2,1-5H3/t21-,22-,23-,24+,26+,38+/m1/s1. The third-order valence-corrected chi connectivity index (χ3v) is 11.8. The molecule has 5 aliphatic rings. The molecule has 0 spiro atoms. The highest BCUT2D eigenvalue weighted by atomic mass is 35.5. The molecule has 11 nitrogen and oxygen atoms in total. The van der Waals surface area contributed by atoms with Gasteiger partial charge in [-0.25, -0.2) is 13.6 Å². The Balaban J connectivity index is 1.20. The summed E-state index contributed by atoms with van der Waals surface area (Å²) in [6, 6.07) is 3.31. The molecule has 6 atom stereocenters. The smallest absolute Gasteiger partial charge is 0.410 e. The zero-order valence-electron chi connectivity index (χ0n) is 30.5. The minimum atomic E-state index is -0.918. The predicted octanol–water partition coefficient (Wildman–Crippen LogP) is 7.13. The summed E-state index contributed by atoms with van der Waals surface area (Å²) in [6.45, 7) is 10.1. The van der Waals surface area contributed by atoms with Crippen molar-refractivity contribution in [1.82, 2.24) is 24.8 Å². The van der Waals surface area contributed by atoms with Crippen LogP contribution in [-0.4, -0.2) is 107 Å². The van der Waals surface area contributed by atoms with E-state index in [-0.39, 0.29) is 54.7 Å². The van der Waals surface area contributed by atoms with Crippen LogP contribution >= 0.6 is 11.6 Å². The van der Waals surface area contributed by atoms with Gasteiger partial charge in [-0.15, -0.1) is 0 Å². The van der Waals surface area contributed by atoms with Crippen LogP contribution in [0.1, 0.15) is 77.7 Å². The van der Waals surface area contributed by atoms with Crippen molar-refractivity contribution in [1.29, 1.82) is 0 Å². The second-order valence-corrected chi connectivity index (χ2v) is 16.7. The van der Waals surface area contributed by atoms with E-state index >= 15 is 4.39 Å². The molecule has 280 valence electrons. The molecular formula is C38H47ClF2N6O5. The molecule has 14 heteroatoms. The van der Waals surface area contributed by atoms with Crippen LogP contribution in [0.4, 0.5) is 19.4 Å². The van der Waals surface area contributed by atoms with E-state index in [0.29, 0.717) is 59.5 Å². The Hall–Kier alpha value is -3.55. The maximum atomic E-state index is 17.2. The normalized spacial score (nSPS) is 28.4. The summed E-state index contributed by atoms with van der Waals surface area (Å²) in [6.07, 6.45) is 5.10. The lowest BCUT2D eigenvalue weighted by Gasteiger charge is -2.42. The lowest BCUT2D eigenvalue weighted by atomic mass is 9.95. The Morgan fingerprint density at radius 1 is 1.12 bits per heavy atom. The van der Waals surface area contributed by atoms with Crippen LogP contribution in [0.15, 0.2) is 18.3 Å². The van der Waals surface area contributed by atoms with Gasteiger partial charge in [0.2, 0.25) is 0 Å². The summed E-state index contributed by atoms with van der Waals surface area (Å²) in [7, 11) is 1.53. The van der Waals surface area contributed by atoms with Gasteiger partial charge in [0.15, 0.2) is 12.6 Å². The van der Waals surface area contributed by atoms with Crippen molar-refractivity contribution in [3.8, 4) is 23.0 Å². The molecule has 4 aliphatic heterocycles. The Morgan fingerprint density at radius 2 is 1.87 bits per heavy atom. The molecule has 0 unspecified atom stereocenters. The van der Waals surface area contributed by atoms with E-state index in [4.69, 9.17) is 40.5 Å². The molecule has 3 aromatic rings. The first-order valence-electron chi connectivity index (χ1n) is 18.4. The molecular weight excluding hydrogens is 694 g/mol. The summed E-state index contributed by atoms with van der Waals surface area (Å²) in [5.41, 5.74) is 0.487. The first-order valence-corrected chi connectivity index (χ1v) is 18.8. The Morgan fingerprint density at radius 3 is 2.56 bits per heavy atom.